The number of hydrogen-bond donors (Lipinski definition) is 0. The van der Waals surface area contributed by atoms with Crippen LogP contribution in [0.5, 0.6) is 0 Å². The number of fused-ring (bicyclic) bond motifs is 1. The highest BCUT2D eigenvalue weighted by molar-refractivity contribution is 6.06. The van der Waals surface area contributed by atoms with Gasteiger partial charge in [0.1, 0.15) is 0 Å². The molecule has 28 heavy (non-hydrogen) atoms. The van der Waals surface area contributed by atoms with Gasteiger partial charge in [-0.3, -0.25) is 4.79 Å². The Labute approximate surface area is 164 Å². The third kappa shape index (κ3) is 3.18. The average Bonchev–Trinajstić information content (AvgIpc) is 3.54. The van der Waals surface area contributed by atoms with E-state index in [4.69, 9.17) is 14.8 Å². The first-order valence-corrected chi connectivity index (χ1v) is 9.99. The van der Waals surface area contributed by atoms with Gasteiger partial charge < -0.3 is 9.64 Å². The predicted molar refractivity (Wildman–Crippen MR) is 107 cm³/mol. The van der Waals surface area contributed by atoms with Crippen molar-refractivity contribution in [2.75, 3.05) is 26.3 Å². The molecule has 0 radical (unpaired) electrons. The molecule has 0 N–H and O–H groups in total. The van der Waals surface area contributed by atoms with Crippen molar-refractivity contribution in [3.05, 3.63) is 58.9 Å². The Bertz CT molecular complexity index is 1020. The first kappa shape index (κ1) is 17.4. The predicted octanol–water partition coefficient (Wildman–Crippen LogP) is 3.14. The minimum absolute atomic E-state index is 0.0694. The number of nitrogens with zero attached hydrogens (tertiary/aromatic N) is 4. The van der Waals surface area contributed by atoms with Crippen molar-refractivity contribution in [1.82, 2.24) is 19.7 Å². The lowest BCUT2D eigenvalue weighted by Crippen LogP contribution is -2.40. The topological polar surface area (TPSA) is 60.2 Å². The summed E-state index contributed by atoms with van der Waals surface area (Å²) < 4.78 is 7.36. The van der Waals surface area contributed by atoms with Crippen LogP contribution in [-0.2, 0) is 11.3 Å². The molecule has 2 aromatic heterocycles. The monoisotopic (exact) mass is 376 g/mol. The van der Waals surface area contributed by atoms with Crippen molar-refractivity contribution in [1.29, 1.82) is 0 Å². The third-order valence-electron chi connectivity index (χ3n) is 5.60. The Hall–Kier alpha value is -2.73. The molecule has 144 valence electrons. The Morgan fingerprint density at radius 3 is 2.64 bits per heavy atom. The first-order chi connectivity index (χ1) is 13.7. The fraction of sp³-hybridized carbons (Fsp3) is 0.409. The van der Waals surface area contributed by atoms with Crippen LogP contribution in [0.1, 0.15) is 46.1 Å². The van der Waals surface area contributed by atoms with E-state index in [1.165, 1.54) is 5.56 Å². The van der Waals surface area contributed by atoms with Crippen LogP contribution >= 0.6 is 0 Å². The van der Waals surface area contributed by atoms with Crippen LogP contribution in [0.15, 0.2) is 36.4 Å². The van der Waals surface area contributed by atoms with E-state index >= 15 is 0 Å². The van der Waals surface area contributed by atoms with Crippen molar-refractivity contribution in [2.45, 2.75) is 32.2 Å². The summed E-state index contributed by atoms with van der Waals surface area (Å²) in [6.07, 6.45) is 2.30. The number of amides is 1. The van der Waals surface area contributed by atoms with E-state index < -0.39 is 0 Å². The van der Waals surface area contributed by atoms with Gasteiger partial charge in [0.2, 0.25) is 0 Å². The Morgan fingerprint density at radius 1 is 1.18 bits per heavy atom. The highest BCUT2D eigenvalue weighted by Crippen LogP contribution is 2.40. The van der Waals surface area contributed by atoms with Crippen LogP contribution in [0.2, 0.25) is 0 Å². The zero-order chi connectivity index (χ0) is 19.1. The number of morpholine rings is 1. The van der Waals surface area contributed by atoms with Crippen LogP contribution in [-0.4, -0.2) is 51.9 Å². The Balaban J connectivity index is 1.62. The van der Waals surface area contributed by atoms with E-state index in [2.05, 4.69) is 12.1 Å². The van der Waals surface area contributed by atoms with Crippen molar-refractivity contribution >= 4 is 16.9 Å². The van der Waals surface area contributed by atoms with Crippen LogP contribution in [0.4, 0.5) is 0 Å². The van der Waals surface area contributed by atoms with Gasteiger partial charge in [0.05, 0.1) is 36.4 Å². The summed E-state index contributed by atoms with van der Waals surface area (Å²) in [7, 11) is 0. The van der Waals surface area contributed by atoms with Crippen molar-refractivity contribution < 1.29 is 9.53 Å². The van der Waals surface area contributed by atoms with Crippen LogP contribution in [0.3, 0.4) is 0 Å². The number of aryl methyl sites for hydroxylation is 1. The van der Waals surface area contributed by atoms with E-state index in [0.717, 1.165) is 40.8 Å². The highest BCUT2D eigenvalue weighted by atomic mass is 16.5. The van der Waals surface area contributed by atoms with E-state index in [9.17, 15) is 4.79 Å². The second-order valence-corrected chi connectivity index (χ2v) is 7.70. The Morgan fingerprint density at radius 2 is 1.93 bits per heavy atom. The smallest absolute Gasteiger partial charge is 0.254 e. The van der Waals surface area contributed by atoms with Crippen molar-refractivity contribution in [3.63, 3.8) is 0 Å². The van der Waals surface area contributed by atoms with Gasteiger partial charge in [0.15, 0.2) is 5.65 Å². The lowest BCUT2D eigenvalue weighted by atomic mass is 10.1. The SMILES string of the molecule is Cc1nn(Cc2ccccc2)c2nc(C3CC3)cc(C(=O)N3CCOCC3)c12. The number of hydrogen-bond acceptors (Lipinski definition) is 4. The summed E-state index contributed by atoms with van der Waals surface area (Å²) in [5.41, 5.74) is 4.62. The van der Waals surface area contributed by atoms with Gasteiger partial charge in [-0.1, -0.05) is 30.3 Å². The molecule has 1 saturated carbocycles. The molecule has 3 aromatic rings. The van der Waals surface area contributed by atoms with Crippen LogP contribution < -0.4 is 0 Å². The lowest BCUT2D eigenvalue weighted by molar-refractivity contribution is 0.0304. The molecule has 6 heteroatoms. The highest BCUT2D eigenvalue weighted by Gasteiger charge is 2.30. The van der Waals surface area contributed by atoms with Crippen LogP contribution in [0, 0.1) is 6.92 Å². The average molecular weight is 376 g/mol. The number of ether oxygens (including phenoxy) is 1. The summed E-state index contributed by atoms with van der Waals surface area (Å²) in [6.45, 7) is 5.09. The Kier molecular flexibility index (Phi) is 4.36. The largest absolute Gasteiger partial charge is 0.378 e. The molecule has 0 unspecified atom stereocenters. The summed E-state index contributed by atoms with van der Waals surface area (Å²) >= 11 is 0. The maximum atomic E-state index is 13.3. The van der Waals surface area contributed by atoms with Crippen molar-refractivity contribution in [3.8, 4) is 0 Å². The molecule has 1 saturated heterocycles. The number of rotatable bonds is 4. The molecule has 0 atom stereocenters. The third-order valence-corrected chi connectivity index (χ3v) is 5.60. The fourth-order valence-electron chi connectivity index (χ4n) is 3.93. The molecule has 6 nitrogen and oxygen atoms in total. The molecule has 5 rings (SSSR count). The number of carbonyl (C=O) groups excluding carboxylic acids is 1. The molecule has 1 aliphatic heterocycles. The minimum atomic E-state index is 0.0694. The van der Waals surface area contributed by atoms with Crippen LogP contribution in [0.25, 0.3) is 11.0 Å². The first-order valence-electron chi connectivity index (χ1n) is 9.99. The molecule has 0 spiro atoms. The van der Waals surface area contributed by atoms with Gasteiger partial charge in [-0.05, 0) is 31.4 Å². The maximum Gasteiger partial charge on any atom is 0.254 e. The normalized spacial score (nSPS) is 17.2. The molecule has 1 aliphatic carbocycles. The summed E-state index contributed by atoms with van der Waals surface area (Å²) in [5.74, 6) is 0.543. The number of carbonyl (C=O) groups is 1. The van der Waals surface area contributed by atoms with E-state index in [-0.39, 0.29) is 5.91 Å². The molecule has 1 aromatic carbocycles. The fourth-order valence-corrected chi connectivity index (χ4v) is 3.93. The molecule has 1 amide bonds. The van der Waals surface area contributed by atoms with Gasteiger partial charge in [0, 0.05) is 24.7 Å². The van der Waals surface area contributed by atoms with Gasteiger partial charge in [-0.25, -0.2) is 9.67 Å². The quantitative estimate of drug-likeness (QED) is 0.702. The minimum Gasteiger partial charge on any atom is -0.378 e. The van der Waals surface area contributed by atoms with Gasteiger partial charge in [-0.2, -0.15) is 5.10 Å². The maximum absolute atomic E-state index is 13.3. The van der Waals surface area contributed by atoms with E-state index in [1.807, 2.05) is 40.8 Å². The van der Waals surface area contributed by atoms with Crippen molar-refractivity contribution in [2.24, 2.45) is 0 Å². The second-order valence-electron chi connectivity index (χ2n) is 7.70. The summed E-state index contributed by atoms with van der Waals surface area (Å²) in [6, 6.07) is 12.3. The molecule has 2 fully saturated rings. The van der Waals surface area contributed by atoms with E-state index in [0.29, 0.717) is 38.8 Å². The van der Waals surface area contributed by atoms with Gasteiger partial charge >= 0.3 is 0 Å². The molecule has 3 heterocycles. The zero-order valence-electron chi connectivity index (χ0n) is 16.1. The molecule has 2 aliphatic rings. The second kappa shape index (κ2) is 7.02. The molecular formula is C22H24N4O2. The van der Waals surface area contributed by atoms with Gasteiger partial charge in [0.25, 0.3) is 5.91 Å². The summed E-state index contributed by atoms with van der Waals surface area (Å²) in [4.78, 5) is 20.2. The summed E-state index contributed by atoms with van der Waals surface area (Å²) in [5, 5.41) is 5.64. The number of benzene rings is 1. The zero-order valence-corrected chi connectivity index (χ0v) is 16.1. The molecule has 0 bridgehead atoms. The lowest BCUT2D eigenvalue weighted by Gasteiger charge is -2.27. The molecular weight excluding hydrogens is 352 g/mol. The standard InChI is InChI=1S/C22H24N4O2/c1-15-20-18(22(27)25-9-11-28-12-10-25)13-19(17-7-8-17)23-21(20)26(24-15)14-16-5-3-2-4-6-16/h2-6,13,17H,7-12,14H2,1H3. The van der Waals surface area contributed by atoms with E-state index in [1.54, 1.807) is 0 Å². The number of pyridine rings is 1. The van der Waals surface area contributed by atoms with Gasteiger partial charge in [-0.15, -0.1) is 0 Å². The number of aromatic nitrogens is 3.